The normalized spacial score (nSPS) is 17.1. The molecule has 1 saturated heterocycles. The van der Waals surface area contributed by atoms with E-state index >= 15 is 0 Å². The van der Waals surface area contributed by atoms with Gasteiger partial charge in [-0.25, -0.2) is 4.39 Å². The highest BCUT2D eigenvalue weighted by molar-refractivity contribution is 5.79. The lowest BCUT2D eigenvalue weighted by molar-refractivity contribution is -0.128. The Labute approximate surface area is 150 Å². The van der Waals surface area contributed by atoms with Crippen LogP contribution >= 0.6 is 0 Å². The van der Waals surface area contributed by atoms with E-state index in [9.17, 15) is 9.18 Å². The Hall–Kier alpha value is -3.02. The second-order valence-corrected chi connectivity index (χ2v) is 6.63. The van der Waals surface area contributed by atoms with Crippen molar-refractivity contribution in [3.8, 4) is 11.5 Å². The maximum Gasteiger partial charge on any atom is 0.257 e. The first kappa shape index (κ1) is 16.4. The Balaban J connectivity index is 1.48. The van der Waals surface area contributed by atoms with Crippen molar-refractivity contribution in [1.29, 1.82) is 0 Å². The summed E-state index contributed by atoms with van der Waals surface area (Å²) in [4.78, 5) is 18.6. The average molecular weight is 351 g/mol. The third-order valence-electron chi connectivity index (χ3n) is 4.57. The molecule has 1 aromatic heterocycles. The predicted molar refractivity (Wildman–Crippen MR) is 93.6 cm³/mol. The van der Waals surface area contributed by atoms with Gasteiger partial charge < -0.3 is 9.42 Å². The number of nitrogens with zero attached hydrogens (tertiary/aromatic N) is 3. The molecule has 26 heavy (non-hydrogen) atoms. The molecule has 0 bridgehead atoms. The zero-order valence-electron chi connectivity index (χ0n) is 14.4. The van der Waals surface area contributed by atoms with Gasteiger partial charge in [-0.15, -0.1) is 0 Å². The van der Waals surface area contributed by atoms with Crippen LogP contribution in [0.4, 0.5) is 4.39 Å². The average Bonchev–Trinajstić information content (AvgIpc) is 3.24. The van der Waals surface area contributed by atoms with Crippen molar-refractivity contribution in [3.63, 3.8) is 0 Å². The monoisotopic (exact) mass is 351 g/mol. The van der Waals surface area contributed by atoms with Crippen molar-refractivity contribution in [3.05, 3.63) is 71.3 Å². The summed E-state index contributed by atoms with van der Waals surface area (Å²) in [5.41, 5.74) is 2.88. The number of likely N-dealkylation sites (tertiary alicyclic amines) is 1. The molecular weight excluding hydrogens is 333 g/mol. The minimum Gasteiger partial charge on any atom is -0.338 e. The number of amides is 1. The van der Waals surface area contributed by atoms with Crippen LogP contribution in [0.25, 0.3) is 11.5 Å². The van der Waals surface area contributed by atoms with E-state index in [4.69, 9.17) is 4.52 Å². The van der Waals surface area contributed by atoms with Gasteiger partial charge in [0.2, 0.25) is 5.91 Å². The van der Waals surface area contributed by atoms with Gasteiger partial charge in [-0.2, -0.15) is 4.98 Å². The molecule has 3 aromatic rings. The lowest BCUT2D eigenvalue weighted by Gasteiger charge is -2.16. The van der Waals surface area contributed by atoms with Gasteiger partial charge in [-0.1, -0.05) is 35.0 Å². The minimum atomic E-state index is -0.283. The molecule has 0 N–H and O–H groups in total. The summed E-state index contributed by atoms with van der Waals surface area (Å²) in [6.45, 7) is 2.99. The molecule has 0 spiro atoms. The van der Waals surface area contributed by atoms with Crippen molar-refractivity contribution in [2.24, 2.45) is 0 Å². The summed E-state index contributed by atoms with van der Waals surface area (Å²) in [5, 5.41) is 4.08. The van der Waals surface area contributed by atoms with E-state index in [1.807, 2.05) is 31.2 Å². The summed E-state index contributed by atoms with van der Waals surface area (Å²) in [6, 6.07) is 14.0. The number of aromatic nitrogens is 2. The molecule has 1 unspecified atom stereocenters. The first-order chi connectivity index (χ1) is 12.6. The molecule has 1 amide bonds. The van der Waals surface area contributed by atoms with Gasteiger partial charge in [0.05, 0.1) is 0 Å². The molecule has 0 aliphatic carbocycles. The Bertz CT molecular complexity index is 936. The van der Waals surface area contributed by atoms with Crippen molar-refractivity contribution >= 4 is 5.91 Å². The molecule has 2 aromatic carbocycles. The molecular formula is C20H18FN3O2. The number of aryl methyl sites for hydroxylation is 1. The summed E-state index contributed by atoms with van der Waals surface area (Å²) < 4.78 is 18.4. The third kappa shape index (κ3) is 3.35. The van der Waals surface area contributed by atoms with Gasteiger partial charge in [0.15, 0.2) is 5.82 Å². The highest BCUT2D eigenvalue weighted by atomic mass is 19.1. The fraction of sp³-hybridized carbons (Fsp3) is 0.250. The zero-order chi connectivity index (χ0) is 18.1. The molecule has 132 valence electrons. The van der Waals surface area contributed by atoms with Crippen LogP contribution in [0, 0.1) is 12.7 Å². The lowest BCUT2D eigenvalue weighted by Crippen LogP contribution is -2.24. The molecule has 1 fully saturated rings. The van der Waals surface area contributed by atoms with Gasteiger partial charge >= 0.3 is 0 Å². The molecule has 4 rings (SSSR count). The van der Waals surface area contributed by atoms with Crippen molar-refractivity contribution < 1.29 is 13.7 Å². The molecule has 0 radical (unpaired) electrons. The third-order valence-corrected chi connectivity index (χ3v) is 4.57. The second kappa shape index (κ2) is 6.71. The summed E-state index contributed by atoms with van der Waals surface area (Å²) in [7, 11) is 0. The Morgan fingerprint density at radius 1 is 1.23 bits per heavy atom. The molecule has 0 saturated carbocycles. The van der Waals surface area contributed by atoms with Crippen LogP contribution in [-0.2, 0) is 11.3 Å². The maximum absolute atomic E-state index is 13.0. The molecule has 1 aliphatic rings. The van der Waals surface area contributed by atoms with Crippen LogP contribution < -0.4 is 0 Å². The van der Waals surface area contributed by atoms with E-state index in [1.165, 1.54) is 12.1 Å². The summed E-state index contributed by atoms with van der Waals surface area (Å²) in [5.74, 6) is 0.686. The van der Waals surface area contributed by atoms with E-state index in [1.54, 1.807) is 17.0 Å². The predicted octanol–water partition coefficient (Wildman–Crippen LogP) is 3.70. The van der Waals surface area contributed by atoms with E-state index in [2.05, 4.69) is 10.1 Å². The molecule has 1 aliphatic heterocycles. The highest BCUT2D eigenvalue weighted by Gasteiger charge is 2.33. The molecule has 5 nitrogen and oxygen atoms in total. The maximum atomic E-state index is 13.0. The topological polar surface area (TPSA) is 59.2 Å². The van der Waals surface area contributed by atoms with Crippen LogP contribution in [0.2, 0.25) is 0 Å². The first-order valence-electron chi connectivity index (χ1n) is 8.51. The zero-order valence-corrected chi connectivity index (χ0v) is 14.4. The first-order valence-corrected chi connectivity index (χ1v) is 8.51. The fourth-order valence-corrected chi connectivity index (χ4v) is 3.20. The summed E-state index contributed by atoms with van der Waals surface area (Å²) >= 11 is 0. The summed E-state index contributed by atoms with van der Waals surface area (Å²) in [6.07, 6.45) is 0.355. The van der Waals surface area contributed by atoms with Gasteiger partial charge in [-0.05, 0) is 36.8 Å². The number of benzene rings is 2. The quantitative estimate of drug-likeness (QED) is 0.719. The Morgan fingerprint density at radius 2 is 2.04 bits per heavy atom. The standard InChI is InChI=1S/C20H18FN3O2/c1-13-3-2-4-15(9-13)20-22-19(23-26-20)16-10-18(25)24(12-16)11-14-5-7-17(21)8-6-14/h2-9,16H,10-12H2,1H3. The molecule has 2 heterocycles. The lowest BCUT2D eigenvalue weighted by atomic mass is 10.1. The fourth-order valence-electron chi connectivity index (χ4n) is 3.20. The van der Waals surface area contributed by atoms with Crippen molar-refractivity contribution in [1.82, 2.24) is 15.0 Å². The minimum absolute atomic E-state index is 0.0428. The van der Waals surface area contributed by atoms with E-state index < -0.39 is 0 Å². The van der Waals surface area contributed by atoms with Gasteiger partial charge in [0, 0.05) is 31.0 Å². The van der Waals surface area contributed by atoms with Crippen molar-refractivity contribution in [2.75, 3.05) is 6.54 Å². The highest BCUT2D eigenvalue weighted by Crippen LogP contribution is 2.29. The SMILES string of the molecule is Cc1cccc(-c2nc(C3CC(=O)N(Cc4ccc(F)cc4)C3)no2)c1. The van der Waals surface area contributed by atoms with Gasteiger partial charge in [0.25, 0.3) is 5.89 Å². The van der Waals surface area contributed by atoms with Crippen LogP contribution in [0.1, 0.15) is 29.3 Å². The molecule has 1 atom stereocenters. The van der Waals surface area contributed by atoms with Crippen LogP contribution in [0.15, 0.2) is 53.1 Å². The number of hydrogen-bond acceptors (Lipinski definition) is 4. The number of hydrogen-bond donors (Lipinski definition) is 0. The van der Waals surface area contributed by atoms with E-state index in [0.29, 0.717) is 31.2 Å². The number of halogens is 1. The Morgan fingerprint density at radius 3 is 2.81 bits per heavy atom. The van der Waals surface area contributed by atoms with E-state index in [-0.39, 0.29) is 17.6 Å². The Kier molecular flexibility index (Phi) is 4.24. The van der Waals surface area contributed by atoms with Gasteiger partial charge in [-0.3, -0.25) is 4.79 Å². The number of rotatable bonds is 4. The number of carbonyl (C=O) groups is 1. The van der Waals surface area contributed by atoms with Crippen molar-refractivity contribution in [2.45, 2.75) is 25.8 Å². The smallest absolute Gasteiger partial charge is 0.257 e. The van der Waals surface area contributed by atoms with Crippen LogP contribution in [0.3, 0.4) is 0 Å². The largest absolute Gasteiger partial charge is 0.338 e. The molecule has 6 heteroatoms. The van der Waals surface area contributed by atoms with Crippen LogP contribution in [0.5, 0.6) is 0 Å². The van der Waals surface area contributed by atoms with Gasteiger partial charge in [0.1, 0.15) is 5.82 Å². The van der Waals surface area contributed by atoms with E-state index in [0.717, 1.165) is 16.7 Å². The van der Waals surface area contributed by atoms with Crippen LogP contribution in [-0.4, -0.2) is 27.5 Å². The second-order valence-electron chi connectivity index (χ2n) is 6.63. The number of carbonyl (C=O) groups excluding carboxylic acids is 1.